The lowest BCUT2D eigenvalue weighted by Gasteiger charge is -2.20. The fraction of sp³-hybridized carbons (Fsp3) is 0.417. The monoisotopic (exact) mass is 320 g/mol. The summed E-state index contributed by atoms with van der Waals surface area (Å²) in [4.78, 5) is 13.5. The molecule has 112 valence electrons. The van der Waals surface area contributed by atoms with Crippen molar-refractivity contribution in [2.24, 2.45) is 5.14 Å². The number of sulfonamides is 1. The average molecular weight is 321 g/mol. The minimum absolute atomic E-state index is 0.0102. The third-order valence-electron chi connectivity index (χ3n) is 2.72. The molecule has 0 fully saturated rings. The molecule has 0 saturated carbocycles. The molecule has 1 amide bonds. The lowest BCUT2D eigenvalue weighted by Crippen LogP contribution is -2.33. The van der Waals surface area contributed by atoms with Crippen LogP contribution < -0.4 is 5.14 Å². The van der Waals surface area contributed by atoms with Gasteiger partial charge in [-0.3, -0.25) is 4.79 Å². The van der Waals surface area contributed by atoms with Gasteiger partial charge in [0.2, 0.25) is 10.0 Å². The maximum atomic E-state index is 12.3. The smallest absolute Gasteiger partial charge is 0.253 e. The number of hydrogen-bond acceptors (Lipinski definition) is 4. The van der Waals surface area contributed by atoms with E-state index in [1.807, 2.05) is 6.92 Å². The van der Waals surface area contributed by atoms with Crippen LogP contribution in [0.4, 0.5) is 0 Å². The van der Waals surface area contributed by atoms with Crippen molar-refractivity contribution in [1.82, 2.24) is 4.90 Å². The SMILES string of the molecule is CCN(CCOC)C(=O)c1ccc(Cl)c(S(N)(=O)=O)c1. The summed E-state index contributed by atoms with van der Waals surface area (Å²) in [5.74, 6) is -0.300. The van der Waals surface area contributed by atoms with Crippen molar-refractivity contribution in [1.29, 1.82) is 0 Å². The van der Waals surface area contributed by atoms with Crippen molar-refractivity contribution >= 4 is 27.5 Å². The molecule has 0 aliphatic rings. The second kappa shape index (κ2) is 7.03. The molecule has 2 N–H and O–H groups in total. The van der Waals surface area contributed by atoms with Gasteiger partial charge in [-0.25, -0.2) is 13.6 Å². The Bertz CT molecular complexity index is 589. The molecule has 0 bridgehead atoms. The Hall–Kier alpha value is -1.15. The highest BCUT2D eigenvalue weighted by atomic mass is 35.5. The van der Waals surface area contributed by atoms with Gasteiger partial charge in [0.25, 0.3) is 5.91 Å². The molecular formula is C12H17ClN2O4S. The topological polar surface area (TPSA) is 89.7 Å². The first kappa shape index (κ1) is 16.9. The fourth-order valence-corrected chi connectivity index (χ4v) is 2.71. The van der Waals surface area contributed by atoms with E-state index in [4.69, 9.17) is 21.5 Å². The molecule has 0 aliphatic carbocycles. The molecule has 0 unspecified atom stereocenters. The predicted octanol–water partition coefficient (Wildman–Crippen LogP) is 1.10. The van der Waals surface area contributed by atoms with Gasteiger partial charge in [0.15, 0.2) is 0 Å². The normalized spacial score (nSPS) is 11.4. The molecule has 0 spiro atoms. The van der Waals surface area contributed by atoms with Gasteiger partial charge >= 0.3 is 0 Å². The molecule has 0 heterocycles. The maximum absolute atomic E-state index is 12.3. The number of primary sulfonamides is 1. The van der Waals surface area contributed by atoms with E-state index in [0.717, 1.165) is 0 Å². The second-order valence-corrected chi connectivity index (χ2v) is 6.00. The van der Waals surface area contributed by atoms with Crippen LogP contribution in [0.2, 0.25) is 5.02 Å². The summed E-state index contributed by atoms with van der Waals surface area (Å²) in [6, 6.07) is 4.00. The van der Waals surface area contributed by atoms with Crippen molar-refractivity contribution in [3.63, 3.8) is 0 Å². The van der Waals surface area contributed by atoms with Crippen LogP contribution >= 0.6 is 11.6 Å². The van der Waals surface area contributed by atoms with E-state index in [2.05, 4.69) is 0 Å². The molecule has 0 saturated heterocycles. The van der Waals surface area contributed by atoms with Gasteiger partial charge in [-0.2, -0.15) is 0 Å². The highest BCUT2D eigenvalue weighted by molar-refractivity contribution is 7.89. The van der Waals surface area contributed by atoms with Crippen LogP contribution in [0.15, 0.2) is 23.1 Å². The van der Waals surface area contributed by atoms with E-state index in [-0.39, 0.29) is 21.4 Å². The summed E-state index contributed by atoms with van der Waals surface area (Å²) in [7, 11) is -2.42. The van der Waals surface area contributed by atoms with Crippen LogP contribution in [0.3, 0.4) is 0 Å². The lowest BCUT2D eigenvalue weighted by atomic mass is 10.2. The summed E-state index contributed by atoms with van der Waals surface area (Å²) in [5.41, 5.74) is 0.219. The van der Waals surface area contributed by atoms with Crippen molar-refractivity contribution in [3.8, 4) is 0 Å². The van der Waals surface area contributed by atoms with Crippen molar-refractivity contribution in [2.45, 2.75) is 11.8 Å². The predicted molar refractivity (Wildman–Crippen MR) is 76.3 cm³/mol. The number of nitrogens with zero attached hydrogens (tertiary/aromatic N) is 1. The summed E-state index contributed by atoms with van der Waals surface area (Å²) >= 11 is 5.78. The molecule has 6 nitrogen and oxygen atoms in total. The first-order valence-corrected chi connectivity index (χ1v) is 7.84. The Morgan fingerprint density at radius 3 is 2.60 bits per heavy atom. The maximum Gasteiger partial charge on any atom is 0.253 e. The van der Waals surface area contributed by atoms with Gasteiger partial charge in [-0.1, -0.05) is 11.6 Å². The standard InChI is InChI=1S/C12H17ClN2O4S/c1-3-15(6-7-19-2)12(16)9-4-5-10(13)11(8-9)20(14,17)18/h4-5,8H,3,6-7H2,1-2H3,(H2,14,17,18). The number of amides is 1. The van der Waals surface area contributed by atoms with E-state index in [1.54, 1.807) is 12.0 Å². The molecule has 1 rings (SSSR count). The molecule has 1 aromatic carbocycles. The van der Waals surface area contributed by atoms with Gasteiger partial charge in [0.1, 0.15) is 4.90 Å². The minimum atomic E-state index is -3.97. The number of halogens is 1. The van der Waals surface area contributed by atoms with Crippen molar-refractivity contribution in [2.75, 3.05) is 26.8 Å². The molecular weight excluding hydrogens is 304 g/mol. The fourth-order valence-electron chi connectivity index (χ4n) is 1.64. The van der Waals surface area contributed by atoms with Crippen LogP contribution in [-0.4, -0.2) is 46.0 Å². The number of rotatable bonds is 6. The first-order valence-electron chi connectivity index (χ1n) is 5.91. The Morgan fingerprint density at radius 1 is 1.45 bits per heavy atom. The summed E-state index contributed by atoms with van der Waals surface area (Å²) in [6.07, 6.45) is 0. The molecule has 0 aromatic heterocycles. The third-order valence-corrected chi connectivity index (χ3v) is 4.11. The number of benzene rings is 1. The van der Waals surface area contributed by atoms with Crippen LogP contribution in [0, 0.1) is 0 Å². The first-order chi connectivity index (χ1) is 9.31. The van der Waals surface area contributed by atoms with E-state index in [9.17, 15) is 13.2 Å². The summed E-state index contributed by atoms with van der Waals surface area (Å²) in [6.45, 7) is 3.12. The van der Waals surface area contributed by atoms with E-state index in [0.29, 0.717) is 19.7 Å². The Labute approximate surface area is 123 Å². The molecule has 0 aliphatic heterocycles. The molecule has 20 heavy (non-hydrogen) atoms. The number of hydrogen-bond donors (Lipinski definition) is 1. The van der Waals surface area contributed by atoms with Gasteiger partial charge in [-0.05, 0) is 25.1 Å². The largest absolute Gasteiger partial charge is 0.383 e. The van der Waals surface area contributed by atoms with Crippen molar-refractivity contribution < 1.29 is 17.9 Å². The Morgan fingerprint density at radius 2 is 2.10 bits per heavy atom. The number of methoxy groups -OCH3 is 1. The zero-order valence-electron chi connectivity index (χ0n) is 11.3. The Balaban J connectivity index is 3.11. The zero-order chi connectivity index (χ0) is 15.3. The zero-order valence-corrected chi connectivity index (χ0v) is 12.9. The molecule has 0 radical (unpaired) electrons. The van der Waals surface area contributed by atoms with Gasteiger partial charge in [0, 0.05) is 25.8 Å². The molecule has 0 atom stereocenters. The average Bonchev–Trinajstić information content (AvgIpc) is 2.38. The minimum Gasteiger partial charge on any atom is -0.383 e. The molecule has 1 aromatic rings. The van der Waals surface area contributed by atoms with E-state index < -0.39 is 10.0 Å². The number of ether oxygens (including phenoxy) is 1. The lowest BCUT2D eigenvalue weighted by molar-refractivity contribution is 0.0706. The Kier molecular flexibility index (Phi) is 5.94. The highest BCUT2D eigenvalue weighted by Gasteiger charge is 2.19. The number of carbonyl (C=O) groups excluding carboxylic acids is 1. The van der Waals surface area contributed by atoms with E-state index in [1.165, 1.54) is 18.2 Å². The molecule has 8 heteroatoms. The number of carbonyl (C=O) groups is 1. The van der Waals surface area contributed by atoms with Crippen LogP contribution in [0.1, 0.15) is 17.3 Å². The van der Waals surface area contributed by atoms with Crippen LogP contribution in [0.25, 0.3) is 0 Å². The second-order valence-electron chi connectivity index (χ2n) is 4.07. The van der Waals surface area contributed by atoms with Crippen LogP contribution in [-0.2, 0) is 14.8 Å². The summed E-state index contributed by atoms with van der Waals surface area (Å²) < 4.78 is 27.7. The van der Waals surface area contributed by atoms with Gasteiger partial charge < -0.3 is 9.64 Å². The highest BCUT2D eigenvalue weighted by Crippen LogP contribution is 2.22. The van der Waals surface area contributed by atoms with Crippen LogP contribution in [0.5, 0.6) is 0 Å². The summed E-state index contributed by atoms with van der Waals surface area (Å²) in [5, 5.41) is 5.05. The van der Waals surface area contributed by atoms with Gasteiger partial charge in [-0.15, -0.1) is 0 Å². The van der Waals surface area contributed by atoms with Gasteiger partial charge in [0.05, 0.1) is 11.6 Å². The third kappa shape index (κ3) is 4.17. The number of likely N-dealkylation sites (N-methyl/N-ethyl adjacent to an activating group) is 1. The quantitative estimate of drug-likeness (QED) is 0.849. The van der Waals surface area contributed by atoms with Crippen molar-refractivity contribution in [3.05, 3.63) is 28.8 Å². The number of nitrogens with two attached hydrogens (primary N) is 1. The van der Waals surface area contributed by atoms with E-state index >= 15 is 0 Å².